The average Bonchev–Trinajstić information content (AvgIpc) is 3.33. The molecule has 0 radical (unpaired) electrons. The maximum atomic E-state index is 5.87. The summed E-state index contributed by atoms with van der Waals surface area (Å²) in [6, 6.07) is 9.80. The number of aromatic amines is 1. The first-order valence-corrected chi connectivity index (χ1v) is 13.5. The number of nitrogens with one attached hydrogen (secondary N) is 2. The van der Waals surface area contributed by atoms with Crippen LogP contribution in [0.25, 0.3) is 11.3 Å². The summed E-state index contributed by atoms with van der Waals surface area (Å²) in [5.41, 5.74) is 2.66. The van der Waals surface area contributed by atoms with Crippen LogP contribution in [-0.4, -0.2) is 70.3 Å². The highest BCUT2D eigenvalue weighted by molar-refractivity contribution is 5.65. The van der Waals surface area contributed by atoms with E-state index in [0.717, 1.165) is 55.4 Å². The molecule has 3 aliphatic rings. The van der Waals surface area contributed by atoms with Crippen molar-refractivity contribution in [1.29, 1.82) is 0 Å². The molecule has 12 nitrogen and oxygen atoms in total. The zero-order valence-corrected chi connectivity index (χ0v) is 21.8. The summed E-state index contributed by atoms with van der Waals surface area (Å²) >= 11 is 0. The number of anilines is 4. The second-order valence-corrected chi connectivity index (χ2v) is 10.1. The number of H-pyrrole nitrogens is 1. The smallest absolute Gasteiger partial charge is 0.229 e. The monoisotopic (exact) mass is 529 g/mol. The molecule has 0 amide bonds. The van der Waals surface area contributed by atoms with E-state index < -0.39 is 0 Å². The molecular formula is C27H31N9O3. The summed E-state index contributed by atoms with van der Waals surface area (Å²) in [5, 5.41) is 15.4. The van der Waals surface area contributed by atoms with Gasteiger partial charge in [0.25, 0.3) is 0 Å². The number of pyridine rings is 1. The molecule has 2 aliphatic heterocycles. The first kappa shape index (κ1) is 23.9. The molecule has 0 aromatic carbocycles. The van der Waals surface area contributed by atoms with Crippen molar-refractivity contribution in [2.24, 2.45) is 0 Å². The minimum absolute atomic E-state index is 0.0337. The fourth-order valence-corrected chi connectivity index (χ4v) is 5.33. The molecule has 1 atom stereocenters. The molecule has 4 aromatic rings. The molecule has 0 unspecified atom stereocenters. The van der Waals surface area contributed by atoms with Crippen LogP contribution < -0.4 is 19.9 Å². The van der Waals surface area contributed by atoms with Crippen LogP contribution >= 0.6 is 0 Å². The SMILES string of the molecule is COc1ncccc1-c1cc([C@@H]2CCCN2c2nc(Nc3cc(C4CC4)[nH]n3)cc(N3CCOCC3)n2)on1. The van der Waals surface area contributed by atoms with Crippen molar-refractivity contribution in [3.8, 4) is 17.1 Å². The molecule has 3 fully saturated rings. The minimum Gasteiger partial charge on any atom is -0.481 e. The molecule has 2 N–H and O–H groups in total. The molecule has 7 rings (SSSR count). The van der Waals surface area contributed by atoms with Crippen LogP contribution in [0.2, 0.25) is 0 Å². The number of methoxy groups -OCH3 is 1. The van der Waals surface area contributed by atoms with Gasteiger partial charge in [-0.25, -0.2) is 4.98 Å². The largest absolute Gasteiger partial charge is 0.481 e. The molecule has 2 saturated heterocycles. The number of nitrogens with zero attached hydrogens (tertiary/aromatic N) is 7. The molecule has 4 aromatic heterocycles. The van der Waals surface area contributed by atoms with E-state index in [-0.39, 0.29) is 6.04 Å². The number of aromatic nitrogens is 6. The van der Waals surface area contributed by atoms with Gasteiger partial charge >= 0.3 is 0 Å². The Hall–Kier alpha value is -4.19. The van der Waals surface area contributed by atoms with E-state index in [4.69, 9.17) is 24.0 Å². The lowest BCUT2D eigenvalue weighted by molar-refractivity contribution is 0.122. The van der Waals surface area contributed by atoms with Crippen molar-refractivity contribution >= 4 is 23.4 Å². The Morgan fingerprint density at radius 3 is 2.79 bits per heavy atom. The van der Waals surface area contributed by atoms with Crippen molar-refractivity contribution in [1.82, 2.24) is 30.3 Å². The van der Waals surface area contributed by atoms with Gasteiger partial charge in [-0.05, 0) is 37.8 Å². The second kappa shape index (κ2) is 10.2. The number of rotatable bonds is 8. The zero-order valence-electron chi connectivity index (χ0n) is 21.8. The standard InChI is InChI=1S/C27H31N9O3/c1-37-26-18(4-2-8-28-26)20-14-22(39-34-20)21-5-3-9-36(21)27-30-23(16-25(31-27)35-10-12-38-13-11-35)29-24-15-19(32-33-24)17-6-7-17/h2,4,8,14-17,21H,3,5-7,9-13H2,1H3,(H2,29,30,31,32,33)/t21-/m0/s1. The maximum Gasteiger partial charge on any atom is 0.229 e. The first-order chi connectivity index (χ1) is 19.2. The Bertz CT molecular complexity index is 1440. The molecule has 1 aliphatic carbocycles. The van der Waals surface area contributed by atoms with Crippen LogP contribution in [0, 0.1) is 0 Å². The van der Waals surface area contributed by atoms with Gasteiger partial charge in [0.15, 0.2) is 11.6 Å². The average molecular weight is 530 g/mol. The Balaban J connectivity index is 1.20. The molecular weight excluding hydrogens is 498 g/mol. The summed E-state index contributed by atoms with van der Waals surface area (Å²) < 4.78 is 16.9. The van der Waals surface area contributed by atoms with E-state index in [1.54, 1.807) is 13.3 Å². The van der Waals surface area contributed by atoms with E-state index in [0.29, 0.717) is 42.5 Å². The topological polar surface area (TPSA) is 130 Å². The van der Waals surface area contributed by atoms with E-state index in [1.807, 2.05) is 24.3 Å². The number of hydrogen-bond donors (Lipinski definition) is 2. The van der Waals surface area contributed by atoms with E-state index in [2.05, 4.69) is 41.5 Å². The molecule has 0 spiro atoms. The summed E-state index contributed by atoms with van der Waals surface area (Å²) in [6.07, 6.45) is 6.04. The molecule has 39 heavy (non-hydrogen) atoms. The van der Waals surface area contributed by atoms with Crippen molar-refractivity contribution in [2.45, 2.75) is 37.6 Å². The summed E-state index contributed by atoms with van der Waals surface area (Å²) in [4.78, 5) is 18.7. The highest BCUT2D eigenvalue weighted by atomic mass is 16.5. The molecule has 0 bridgehead atoms. The lowest BCUT2D eigenvalue weighted by atomic mass is 10.1. The van der Waals surface area contributed by atoms with Gasteiger partial charge in [0, 0.05) is 55.6 Å². The van der Waals surface area contributed by atoms with Crippen LogP contribution in [0.1, 0.15) is 49.1 Å². The van der Waals surface area contributed by atoms with Crippen LogP contribution in [0.4, 0.5) is 23.4 Å². The lowest BCUT2D eigenvalue weighted by Gasteiger charge is -2.30. The minimum atomic E-state index is -0.0337. The Morgan fingerprint density at radius 2 is 1.95 bits per heavy atom. The Labute approximate surface area is 225 Å². The van der Waals surface area contributed by atoms with E-state index in [1.165, 1.54) is 18.5 Å². The fourth-order valence-electron chi connectivity index (χ4n) is 5.33. The van der Waals surface area contributed by atoms with Gasteiger partial charge < -0.3 is 29.1 Å². The molecule has 6 heterocycles. The van der Waals surface area contributed by atoms with Crippen molar-refractivity contribution < 1.29 is 14.0 Å². The van der Waals surface area contributed by atoms with Gasteiger partial charge in [-0.3, -0.25) is 5.10 Å². The molecule has 1 saturated carbocycles. The second-order valence-electron chi connectivity index (χ2n) is 10.1. The third-order valence-electron chi connectivity index (χ3n) is 7.51. The van der Waals surface area contributed by atoms with E-state index >= 15 is 0 Å². The van der Waals surface area contributed by atoms with Crippen LogP contribution in [0.15, 0.2) is 41.1 Å². The number of morpholine rings is 1. The van der Waals surface area contributed by atoms with Crippen molar-refractivity contribution in [3.05, 3.63) is 48.0 Å². The highest BCUT2D eigenvalue weighted by Crippen LogP contribution is 2.40. The van der Waals surface area contributed by atoms with Crippen LogP contribution in [0.5, 0.6) is 5.88 Å². The van der Waals surface area contributed by atoms with Gasteiger partial charge in [-0.1, -0.05) is 5.16 Å². The summed E-state index contributed by atoms with van der Waals surface area (Å²) in [5.74, 6) is 4.87. The molecule has 202 valence electrons. The normalized spacial score (nSPS) is 19.5. The van der Waals surface area contributed by atoms with Crippen molar-refractivity contribution in [2.75, 3.05) is 55.1 Å². The third kappa shape index (κ3) is 4.87. The first-order valence-electron chi connectivity index (χ1n) is 13.5. The van der Waals surface area contributed by atoms with Gasteiger partial charge in [-0.15, -0.1) is 0 Å². The predicted octanol–water partition coefficient (Wildman–Crippen LogP) is 4.06. The van der Waals surface area contributed by atoms with Gasteiger partial charge in [-0.2, -0.15) is 15.1 Å². The van der Waals surface area contributed by atoms with Crippen molar-refractivity contribution in [3.63, 3.8) is 0 Å². The fraction of sp³-hybridized carbons (Fsp3) is 0.444. The Kier molecular flexibility index (Phi) is 6.23. The predicted molar refractivity (Wildman–Crippen MR) is 145 cm³/mol. The highest BCUT2D eigenvalue weighted by Gasteiger charge is 2.33. The quantitative estimate of drug-likeness (QED) is 0.343. The summed E-state index contributed by atoms with van der Waals surface area (Å²) in [7, 11) is 1.60. The van der Waals surface area contributed by atoms with Gasteiger partial charge in [0.2, 0.25) is 11.8 Å². The number of hydrogen-bond acceptors (Lipinski definition) is 11. The zero-order chi connectivity index (χ0) is 26.2. The number of ether oxygens (including phenoxy) is 2. The maximum absolute atomic E-state index is 5.87. The van der Waals surface area contributed by atoms with Crippen LogP contribution in [0.3, 0.4) is 0 Å². The van der Waals surface area contributed by atoms with Crippen LogP contribution in [-0.2, 0) is 4.74 Å². The van der Waals surface area contributed by atoms with E-state index in [9.17, 15) is 0 Å². The molecule has 12 heteroatoms. The third-order valence-corrected chi connectivity index (χ3v) is 7.51. The lowest BCUT2D eigenvalue weighted by Crippen LogP contribution is -2.37. The summed E-state index contributed by atoms with van der Waals surface area (Å²) in [6.45, 7) is 3.74. The Morgan fingerprint density at radius 1 is 1.05 bits per heavy atom. The van der Waals surface area contributed by atoms with Gasteiger partial charge in [0.1, 0.15) is 17.3 Å². The van der Waals surface area contributed by atoms with Gasteiger partial charge in [0.05, 0.1) is 31.9 Å².